The van der Waals surface area contributed by atoms with Gasteiger partial charge in [0.25, 0.3) is 0 Å². The van der Waals surface area contributed by atoms with Gasteiger partial charge in [0.05, 0.1) is 6.42 Å². The third kappa shape index (κ3) is 4.16. The number of nitrogens with one attached hydrogen (secondary N) is 1. The summed E-state index contributed by atoms with van der Waals surface area (Å²) < 4.78 is 0. The lowest BCUT2D eigenvalue weighted by Gasteiger charge is -2.38. The van der Waals surface area contributed by atoms with Crippen LogP contribution in [0.2, 0.25) is 0 Å². The minimum Gasteiger partial charge on any atom is -0.480 e. The van der Waals surface area contributed by atoms with E-state index in [1.165, 1.54) is 0 Å². The Labute approximate surface area is 144 Å². The standard InChI is InChI=1S/C20H29NO3/c1-13(2)16-7-9-20(10-8-16,19(23)24)21-18(22)12-17-6-5-14(3)11-15(17)4/h5-6,11,13,16H,7-10,12H2,1-4H3,(H,21,22)(H,23,24). The third-order valence-corrected chi connectivity index (χ3v) is 5.46. The highest BCUT2D eigenvalue weighted by molar-refractivity contribution is 5.88. The number of benzene rings is 1. The third-order valence-electron chi connectivity index (χ3n) is 5.46. The van der Waals surface area contributed by atoms with Crippen LogP contribution in [0, 0.1) is 25.7 Å². The molecular formula is C20H29NO3. The van der Waals surface area contributed by atoms with Crippen LogP contribution < -0.4 is 5.32 Å². The average molecular weight is 331 g/mol. The minimum absolute atomic E-state index is 0.202. The number of hydrogen-bond acceptors (Lipinski definition) is 2. The molecule has 0 atom stereocenters. The maximum Gasteiger partial charge on any atom is 0.329 e. The molecule has 24 heavy (non-hydrogen) atoms. The molecule has 1 saturated carbocycles. The van der Waals surface area contributed by atoms with Crippen LogP contribution in [-0.2, 0) is 16.0 Å². The number of carboxylic acid groups (broad SMARTS) is 1. The van der Waals surface area contributed by atoms with Crippen molar-refractivity contribution >= 4 is 11.9 Å². The number of aliphatic carboxylic acids is 1. The molecule has 4 heteroatoms. The molecule has 0 unspecified atom stereocenters. The van der Waals surface area contributed by atoms with Crippen molar-refractivity contribution in [1.82, 2.24) is 5.32 Å². The molecule has 2 rings (SSSR count). The first-order valence-electron chi connectivity index (χ1n) is 8.84. The number of hydrogen-bond donors (Lipinski definition) is 2. The maximum absolute atomic E-state index is 12.5. The number of carbonyl (C=O) groups is 2. The molecule has 0 heterocycles. The minimum atomic E-state index is -1.10. The lowest BCUT2D eigenvalue weighted by Crippen LogP contribution is -2.57. The van der Waals surface area contributed by atoms with Crippen LogP contribution in [-0.4, -0.2) is 22.5 Å². The van der Waals surface area contributed by atoms with Crippen molar-refractivity contribution in [3.05, 3.63) is 34.9 Å². The summed E-state index contributed by atoms with van der Waals surface area (Å²) in [6, 6.07) is 5.98. The maximum atomic E-state index is 12.5. The van der Waals surface area contributed by atoms with Crippen LogP contribution in [0.1, 0.15) is 56.2 Å². The van der Waals surface area contributed by atoms with Gasteiger partial charge in [-0.3, -0.25) is 4.79 Å². The van der Waals surface area contributed by atoms with Gasteiger partial charge >= 0.3 is 5.97 Å². The fourth-order valence-electron chi connectivity index (χ4n) is 3.72. The summed E-state index contributed by atoms with van der Waals surface area (Å²) in [6.45, 7) is 8.36. The van der Waals surface area contributed by atoms with Crippen molar-refractivity contribution < 1.29 is 14.7 Å². The number of rotatable bonds is 5. The topological polar surface area (TPSA) is 66.4 Å². The van der Waals surface area contributed by atoms with E-state index in [4.69, 9.17) is 0 Å². The van der Waals surface area contributed by atoms with Gasteiger partial charge in [0.2, 0.25) is 5.91 Å². The Balaban J connectivity index is 2.05. The molecule has 1 aromatic rings. The fraction of sp³-hybridized carbons (Fsp3) is 0.600. The molecule has 1 fully saturated rings. The average Bonchev–Trinajstić information content (AvgIpc) is 2.50. The Morgan fingerprint density at radius 2 is 1.88 bits per heavy atom. The molecule has 0 spiro atoms. The molecule has 1 amide bonds. The SMILES string of the molecule is Cc1ccc(CC(=O)NC2(C(=O)O)CCC(C(C)C)CC2)c(C)c1. The summed E-state index contributed by atoms with van der Waals surface area (Å²) in [6.07, 6.45) is 2.98. The van der Waals surface area contributed by atoms with E-state index in [9.17, 15) is 14.7 Å². The second kappa shape index (κ2) is 7.37. The van der Waals surface area contributed by atoms with E-state index in [-0.39, 0.29) is 12.3 Å². The van der Waals surface area contributed by atoms with E-state index >= 15 is 0 Å². The highest BCUT2D eigenvalue weighted by atomic mass is 16.4. The summed E-state index contributed by atoms with van der Waals surface area (Å²) >= 11 is 0. The van der Waals surface area contributed by atoms with E-state index in [0.29, 0.717) is 24.7 Å². The Kier molecular flexibility index (Phi) is 5.68. The summed E-state index contributed by atoms with van der Waals surface area (Å²) in [7, 11) is 0. The van der Waals surface area contributed by atoms with Crippen LogP contribution in [0.25, 0.3) is 0 Å². The second-order valence-corrected chi connectivity index (χ2v) is 7.62. The predicted octanol–water partition coefficient (Wildman–Crippen LogP) is 3.63. The van der Waals surface area contributed by atoms with Crippen LogP contribution in [0.5, 0.6) is 0 Å². The summed E-state index contributed by atoms with van der Waals surface area (Å²) in [4.78, 5) is 24.3. The quantitative estimate of drug-likeness (QED) is 0.866. The Morgan fingerprint density at radius 3 is 2.38 bits per heavy atom. The largest absolute Gasteiger partial charge is 0.480 e. The van der Waals surface area contributed by atoms with Crippen molar-refractivity contribution in [2.45, 2.75) is 65.3 Å². The van der Waals surface area contributed by atoms with Gasteiger partial charge in [-0.2, -0.15) is 0 Å². The van der Waals surface area contributed by atoms with Gasteiger partial charge in [0, 0.05) is 0 Å². The molecule has 0 saturated heterocycles. The predicted molar refractivity (Wildman–Crippen MR) is 94.9 cm³/mol. The normalized spacial score (nSPS) is 24.0. The smallest absolute Gasteiger partial charge is 0.329 e. The van der Waals surface area contributed by atoms with Crippen molar-refractivity contribution in [3.63, 3.8) is 0 Å². The monoisotopic (exact) mass is 331 g/mol. The van der Waals surface area contributed by atoms with E-state index in [1.54, 1.807) is 0 Å². The van der Waals surface area contributed by atoms with Crippen molar-refractivity contribution in [3.8, 4) is 0 Å². The van der Waals surface area contributed by atoms with Gasteiger partial charge in [0.15, 0.2) is 0 Å². The Bertz CT molecular complexity index is 613. The second-order valence-electron chi connectivity index (χ2n) is 7.62. The molecule has 1 aliphatic carbocycles. The Hall–Kier alpha value is -1.84. The summed E-state index contributed by atoms with van der Waals surface area (Å²) in [5.41, 5.74) is 2.08. The van der Waals surface area contributed by atoms with Gasteiger partial charge in [-0.05, 0) is 62.5 Å². The lowest BCUT2D eigenvalue weighted by molar-refractivity contribution is -0.149. The van der Waals surface area contributed by atoms with Gasteiger partial charge in [0.1, 0.15) is 5.54 Å². The molecule has 132 valence electrons. The van der Waals surface area contributed by atoms with Crippen molar-refractivity contribution in [2.24, 2.45) is 11.8 Å². The number of amides is 1. The van der Waals surface area contributed by atoms with E-state index in [1.807, 2.05) is 32.0 Å². The fourth-order valence-corrected chi connectivity index (χ4v) is 3.72. The molecular weight excluding hydrogens is 302 g/mol. The van der Waals surface area contributed by atoms with Crippen LogP contribution in [0.3, 0.4) is 0 Å². The molecule has 0 aromatic heterocycles. The molecule has 2 N–H and O–H groups in total. The highest BCUT2D eigenvalue weighted by Crippen LogP contribution is 2.36. The van der Waals surface area contributed by atoms with Crippen LogP contribution >= 0.6 is 0 Å². The van der Waals surface area contributed by atoms with Gasteiger partial charge in [-0.15, -0.1) is 0 Å². The number of carbonyl (C=O) groups excluding carboxylic acids is 1. The van der Waals surface area contributed by atoms with Crippen molar-refractivity contribution in [1.29, 1.82) is 0 Å². The van der Waals surface area contributed by atoms with Gasteiger partial charge in [-0.1, -0.05) is 37.6 Å². The molecule has 1 aliphatic rings. The molecule has 4 nitrogen and oxygen atoms in total. The Morgan fingerprint density at radius 1 is 1.25 bits per heavy atom. The first-order chi connectivity index (χ1) is 11.2. The van der Waals surface area contributed by atoms with Crippen LogP contribution in [0.4, 0.5) is 0 Å². The molecule has 0 aliphatic heterocycles. The first-order valence-corrected chi connectivity index (χ1v) is 8.84. The zero-order chi connectivity index (χ0) is 17.9. The number of carboxylic acids is 1. The van der Waals surface area contributed by atoms with Gasteiger partial charge < -0.3 is 10.4 Å². The molecule has 0 bridgehead atoms. The van der Waals surface area contributed by atoms with Crippen molar-refractivity contribution in [2.75, 3.05) is 0 Å². The van der Waals surface area contributed by atoms with Crippen LogP contribution in [0.15, 0.2) is 18.2 Å². The molecule has 0 radical (unpaired) electrons. The summed E-state index contributed by atoms with van der Waals surface area (Å²) in [5, 5.41) is 12.5. The zero-order valence-corrected chi connectivity index (χ0v) is 15.2. The first kappa shape index (κ1) is 18.5. The highest BCUT2D eigenvalue weighted by Gasteiger charge is 2.43. The zero-order valence-electron chi connectivity index (χ0n) is 15.2. The van der Waals surface area contributed by atoms with E-state index < -0.39 is 11.5 Å². The summed E-state index contributed by atoms with van der Waals surface area (Å²) in [5.74, 6) is 0.00228. The number of aryl methyl sites for hydroxylation is 2. The van der Waals surface area contributed by atoms with E-state index in [2.05, 4.69) is 19.2 Å². The van der Waals surface area contributed by atoms with E-state index in [0.717, 1.165) is 29.5 Å². The molecule has 1 aromatic carbocycles. The lowest BCUT2D eigenvalue weighted by atomic mass is 9.72. The van der Waals surface area contributed by atoms with Gasteiger partial charge in [-0.25, -0.2) is 4.79 Å².